The first-order valence-corrected chi connectivity index (χ1v) is 6.56. The van der Waals surface area contributed by atoms with E-state index in [0.717, 1.165) is 30.3 Å². The van der Waals surface area contributed by atoms with Crippen molar-refractivity contribution in [1.29, 1.82) is 5.26 Å². The first-order chi connectivity index (χ1) is 9.28. The van der Waals surface area contributed by atoms with Crippen molar-refractivity contribution in [2.24, 2.45) is 0 Å². The molecule has 2 heterocycles. The molecule has 1 saturated heterocycles. The number of anilines is 1. The highest BCUT2D eigenvalue weighted by atomic mass is 35.5. The van der Waals surface area contributed by atoms with Crippen LogP contribution < -0.4 is 5.06 Å². The van der Waals surface area contributed by atoms with Crippen LogP contribution in [-0.4, -0.2) is 18.1 Å². The van der Waals surface area contributed by atoms with Gasteiger partial charge in [0.25, 0.3) is 0 Å². The van der Waals surface area contributed by atoms with E-state index in [1.54, 1.807) is 23.3 Å². The van der Waals surface area contributed by atoms with Crippen molar-refractivity contribution in [2.75, 3.05) is 18.2 Å². The molecule has 0 atom stereocenters. The lowest BCUT2D eigenvalue weighted by atomic mass is 10.1. The minimum atomic E-state index is 0.566. The Labute approximate surface area is 116 Å². The van der Waals surface area contributed by atoms with E-state index in [9.17, 15) is 5.26 Å². The Hall–Kier alpha value is -1.83. The van der Waals surface area contributed by atoms with E-state index in [0.29, 0.717) is 23.0 Å². The Morgan fingerprint density at radius 2 is 2.21 bits per heavy atom. The number of benzene rings is 1. The fourth-order valence-corrected chi connectivity index (χ4v) is 2.35. The zero-order valence-electron chi connectivity index (χ0n) is 10.3. The third kappa shape index (κ3) is 2.35. The highest BCUT2D eigenvalue weighted by molar-refractivity contribution is 6.31. The second kappa shape index (κ2) is 5.04. The van der Waals surface area contributed by atoms with Crippen LogP contribution in [0.25, 0.3) is 10.9 Å². The number of hydroxylamine groups is 1. The van der Waals surface area contributed by atoms with Gasteiger partial charge in [0.15, 0.2) is 5.82 Å². The Morgan fingerprint density at radius 3 is 2.95 bits per heavy atom. The Kier molecular flexibility index (Phi) is 3.24. The van der Waals surface area contributed by atoms with Crippen molar-refractivity contribution in [2.45, 2.75) is 12.8 Å². The molecule has 0 spiro atoms. The summed E-state index contributed by atoms with van der Waals surface area (Å²) in [5, 5.41) is 12.4. The van der Waals surface area contributed by atoms with Crippen LogP contribution in [0.2, 0.25) is 5.02 Å². The predicted molar refractivity (Wildman–Crippen MR) is 74.0 cm³/mol. The number of halogens is 1. The summed E-state index contributed by atoms with van der Waals surface area (Å²) in [7, 11) is 0. The molecule has 4 nitrogen and oxygen atoms in total. The number of hydrogen-bond acceptors (Lipinski definition) is 4. The van der Waals surface area contributed by atoms with Gasteiger partial charge in [-0.25, -0.2) is 10.0 Å². The molecule has 19 heavy (non-hydrogen) atoms. The van der Waals surface area contributed by atoms with Gasteiger partial charge in [-0.15, -0.1) is 0 Å². The lowest BCUT2D eigenvalue weighted by Gasteiger charge is -2.27. The van der Waals surface area contributed by atoms with Crippen LogP contribution in [-0.2, 0) is 4.84 Å². The maximum atomic E-state index is 9.27. The number of nitriles is 1. The van der Waals surface area contributed by atoms with Crippen molar-refractivity contribution in [1.82, 2.24) is 4.98 Å². The Balaban J connectivity index is 2.12. The fourth-order valence-electron chi connectivity index (χ4n) is 2.18. The summed E-state index contributed by atoms with van der Waals surface area (Å²) in [4.78, 5) is 10.1. The summed E-state index contributed by atoms with van der Waals surface area (Å²) < 4.78 is 0. The van der Waals surface area contributed by atoms with Gasteiger partial charge in [0, 0.05) is 23.0 Å². The summed E-state index contributed by atoms with van der Waals surface area (Å²) in [5.74, 6) is 0.686. The molecule has 1 aliphatic heterocycles. The molecular weight excluding hydrogens is 262 g/mol. The molecule has 0 radical (unpaired) electrons. The van der Waals surface area contributed by atoms with Crippen molar-refractivity contribution < 1.29 is 4.84 Å². The van der Waals surface area contributed by atoms with Gasteiger partial charge in [0.05, 0.1) is 23.8 Å². The monoisotopic (exact) mass is 273 g/mol. The summed E-state index contributed by atoms with van der Waals surface area (Å²) >= 11 is 5.96. The van der Waals surface area contributed by atoms with E-state index in [4.69, 9.17) is 16.4 Å². The Morgan fingerprint density at radius 1 is 1.32 bits per heavy atom. The average Bonchev–Trinajstić information content (AvgIpc) is 2.47. The van der Waals surface area contributed by atoms with Crippen molar-refractivity contribution >= 4 is 28.3 Å². The molecule has 3 rings (SSSR count). The second-order valence-corrected chi connectivity index (χ2v) is 4.88. The summed E-state index contributed by atoms with van der Waals surface area (Å²) in [6.45, 7) is 1.50. The van der Waals surface area contributed by atoms with Gasteiger partial charge in [0.2, 0.25) is 0 Å². The molecule has 0 bridgehead atoms. The van der Waals surface area contributed by atoms with Crippen LogP contribution >= 0.6 is 11.6 Å². The maximum absolute atomic E-state index is 9.27. The van der Waals surface area contributed by atoms with Crippen molar-refractivity contribution in [3.63, 3.8) is 0 Å². The van der Waals surface area contributed by atoms with E-state index >= 15 is 0 Å². The molecule has 0 amide bonds. The molecule has 2 aromatic rings. The lowest BCUT2D eigenvalue weighted by molar-refractivity contribution is 0.0762. The quantitative estimate of drug-likeness (QED) is 0.800. The zero-order chi connectivity index (χ0) is 13.2. The van der Waals surface area contributed by atoms with Gasteiger partial charge in [0.1, 0.15) is 0 Å². The van der Waals surface area contributed by atoms with E-state index in [2.05, 4.69) is 11.1 Å². The molecular formula is C14H12ClN3O. The van der Waals surface area contributed by atoms with Crippen LogP contribution in [0.4, 0.5) is 5.82 Å². The highest BCUT2D eigenvalue weighted by Gasteiger charge is 2.15. The van der Waals surface area contributed by atoms with E-state index in [1.165, 1.54) is 0 Å². The van der Waals surface area contributed by atoms with E-state index < -0.39 is 0 Å². The van der Waals surface area contributed by atoms with Crippen LogP contribution in [0.5, 0.6) is 0 Å². The minimum absolute atomic E-state index is 0.566. The van der Waals surface area contributed by atoms with Gasteiger partial charge in [-0.1, -0.05) is 11.6 Å². The number of rotatable bonds is 1. The van der Waals surface area contributed by atoms with Crippen LogP contribution in [0, 0.1) is 11.3 Å². The van der Waals surface area contributed by atoms with E-state index in [-0.39, 0.29) is 0 Å². The topological polar surface area (TPSA) is 49.2 Å². The molecule has 1 fully saturated rings. The number of fused-ring (bicyclic) bond motifs is 1. The third-order valence-corrected chi connectivity index (χ3v) is 3.37. The summed E-state index contributed by atoms with van der Waals surface area (Å²) in [5.41, 5.74) is 1.32. The smallest absolute Gasteiger partial charge is 0.154 e. The molecule has 5 heteroatoms. The predicted octanol–water partition coefficient (Wildman–Crippen LogP) is 3.29. The number of aromatic nitrogens is 1. The molecule has 96 valence electrons. The normalized spacial score (nSPS) is 15.5. The van der Waals surface area contributed by atoms with Crippen molar-refractivity contribution in [3.05, 3.63) is 34.9 Å². The molecule has 1 aromatic heterocycles. The minimum Gasteiger partial charge on any atom is -0.272 e. The highest BCUT2D eigenvalue weighted by Crippen LogP contribution is 2.26. The molecule has 0 N–H and O–H groups in total. The van der Waals surface area contributed by atoms with Crippen LogP contribution in [0.1, 0.15) is 18.4 Å². The van der Waals surface area contributed by atoms with Crippen molar-refractivity contribution in [3.8, 4) is 6.07 Å². The Bertz CT molecular complexity index is 660. The first kappa shape index (κ1) is 12.2. The summed E-state index contributed by atoms with van der Waals surface area (Å²) in [6, 6.07) is 9.32. The van der Waals surface area contributed by atoms with Gasteiger partial charge >= 0.3 is 0 Å². The standard InChI is InChI=1S/C14H12ClN3O/c15-11-3-4-13-12(8-11)10(9-16)7-14(17-13)18-5-1-2-6-19-18/h3-4,7-8H,1-2,5-6H2. The summed E-state index contributed by atoms with van der Waals surface area (Å²) in [6.07, 6.45) is 2.13. The van der Waals surface area contributed by atoms with Gasteiger partial charge in [-0.05, 0) is 31.0 Å². The first-order valence-electron chi connectivity index (χ1n) is 6.19. The number of hydrogen-bond donors (Lipinski definition) is 0. The molecule has 0 unspecified atom stereocenters. The van der Waals surface area contributed by atoms with Crippen LogP contribution in [0.3, 0.4) is 0 Å². The molecule has 1 aromatic carbocycles. The second-order valence-electron chi connectivity index (χ2n) is 4.44. The molecule has 0 aliphatic carbocycles. The van der Waals surface area contributed by atoms with Gasteiger partial charge < -0.3 is 0 Å². The van der Waals surface area contributed by atoms with Crippen LogP contribution in [0.15, 0.2) is 24.3 Å². The maximum Gasteiger partial charge on any atom is 0.154 e. The lowest BCUT2D eigenvalue weighted by Crippen LogP contribution is -2.30. The van der Waals surface area contributed by atoms with Gasteiger partial charge in [-0.2, -0.15) is 5.26 Å². The fraction of sp³-hybridized carbons (Fsp3) is 0.286. The third-order valence-electron chi connectivity index (χ3n) is 3.14. The largest absolute Gasteiger partial charge is 0.272 e. The SMILES string of the molecule is N#Cc1cc(N2CCCCO2)nc2ccc(Cl)cc12. The molecule has 1 aliphatic rings. The average molecular weight is 274 g/mol. The number of nitrogens with zero attached hydrogens (tertiary/aromatic N) is 3. The van der Waals surface area contributed by atoms with Gasteiger partial charge in [-0.3, -0.25) is 4.84 Å². The number of pyridine rings is 1. The molecule has 0 saturated carbocycles. The zero-order valence-corrected chi connectivity index (χ0v) is 11.0. The van der Waals surface area contributed by atoms with E-state index in [1.807, 2.05) is 6.07 Å².